The molecule has 2 fully saturated rings. The van der Waals surface area contributed by atoms with Gasteiger partial charge in [0.05, 0.1) is 10.6 Å². The molecule has 1 aromatic rings. The van der Waals surface area contributed by atoms with Crippen molar-refractivity contribution in [2.24, 2.45) is 0 Å². The Morgan fingerprint density at radius 3 is 2.95 bits per heavy atom. The number of hydrogen-bond acceptors (Lipinski definition) is 4. The number of nitrogens with zero attached hydrogens (tertiary/aromatic N) is 2. The molecule has 5 nitrogen and oxygen atoms in total. The summed E-state index contributed by atoms with van der Waals surface area (Å²) < 4.78 is 0. The van der Waals surface area contributed by atoms with Crippen molar-refractivity contribution >= 4 is 23.3 Å². The average Bonchev–Trinajstić information content (AvgIpc) is 3.14. The zero-order valence-electron chi connectivity index (χ0n) is 10.6. The van der Waals surface area contributed by atoms with Crippen molar-refractivity contribution in [1.29, 1.82) is 0 Å². The smallest absolute Gasteiger partial charge is 0.253 e. The molecule has 1 saturated heterocycles. The number of halogens is 1. The highest BCUT2D eigenvalue weighted by Crippen LogP contribution is 2.29. The van der Waals surface area contributed by atoms with E-state index in [1.54, 1.807) is 6.07 Å². The summed E-state index contributed by atoms with van der Waals surface area (Å²) in [7, 11) is 0. The molecule has 2 heterocycles. The van der Waals surface area contributed by atoms with Crippen LogP contribution in [0.4, 0.5) is 5.82 Å². The second kappa shape index (κ2) is 4.98. The maximum Gasteiger partial charge on any atom is 0.253 e. The lowest BCUT2D eigenvalue weighted by atomic mass is 10.2. The fraction of sp³-hybridized carbons (Fsp3) is 0.538. The topological polar surface area (TPSA) is 71.2 Å². The lowest BCUT2D eigenvalue weighted by Gasteiger charge is -2.15. The van der Waals surface area contributed by atoms with Crippen molar-refractivity contribution in [2.45, 2.75) is 31.3 Å². The van der Waals surface area contributed by atoms with Crippen LogP contribution in [0.25, 0.3) is 0 Å². The number of nitrogens with two attached hydrogens (primary N) is 1. The summed E-state index contributed by atoms with van der Waals surface area (Å²) in [5.41, 5.74) is 5.99. The van der Waals surface area contributed by atoms with Gasteiger partial charge in [0.25, 0.3) is 5.91 Å². The Kier molecular flexibility index (Phi) is 3.33. The molecular weight excluding hydrogens is 264 g/mol. The highest BCUT2D eigenvalue weighted by molar-refractivity contribution is 6.33. The second-order valence-corrected chi connectivity index (χ2v) is 5.68. The maximum atomic E-state index is 12.1. The highest BCUT2D eigenvalue weighted by Gasteiger charge is 2.34. The van der Waals surface area contributed by atoms with E-state index in [9.17, 15) is 4.79 Å². The minimum atomic E-state index is -0.128. The maximum absolute atomic E-state index is 12.1. The number of anilines is 1. The third kappa shape index (κ3) is 2.82. The number of carbonyl (C=O) groups is 1. The van der Waals surface area contributed by atoms with Crippen LogP contribution in [0.2, 0.25) is 5.02 Å². The standard InChI is InChI=1S/C13H17ClN4O/c14-11-5-8(6-16-12(11)15)13(19)17-9-3-4-18(7-9)10-1-2-10/h5-6,9-10H,1-4,7H2,(H2,15,16)(H,17,19). The minimum Gasteiger partial charge on any atom is -0.382 e. The van der Waals surface area contributed by atoms with Crippen molar-refractivity contribution in [3.05, 3.63) is 22.8 Å². The molecule has 0 radical (unpaired) electrons. The third-order valence-corrected chi connectivity index (χ3v) is 4.05. The molecule has 1 aromatic heterocycles. The van der Waals surface area contributed by atoms with E-state index in [1.165, 1.54) is 19.0 Å². The third-order valence-electron chi connectivity index (χ3n) is 3.75. The van der Waals surface area contributed by atoms with Crippen LogP contribution in [0.1, 0.15) is 29.6 Å². The van der Waals surface area contributed by atoms with Gasteiger partial charge >= 0.3 is 0 Å². The highest BCUT2D eigenvalue weighted by atomic mass is 35.5. The van der Waals surface area contributed by atoms with Gasteiger partial charge in [-0.2, -0.15) is 0 Å². The van der Waals surface area contributed by atoms with Crippen molar-refractivity contribution in [3.63, 3.8) is 0 Å². The Morgan fingerprint density at radius 1 is 1.47 bits per heavy atom. The van der Waals surface area contributed by atoms with Crippen molar-refractivity contribution < 1.29 is 4.79 Å². The molecule has 1 aliphatic carbocycles. The van der Waals surface area contributed by atoms with E-state index in [1.807, 2.05) is 0 Å². The molecule has 3 N–H and O–H groups in total. The van der Waals surface area contributed by atoms with Crippen LogP contribution < -0.4 is 11.1 Å². The molecule has 0 spiro atoms. The Balaban J connectivity index is 1.60. The predicted octanol–water partition coefficient (Wildman–Crippen LogP) is 1.28. The summed E-state index contributed by atoms with van der Waals surface area (Å²) in [6.07, 6.45) is 5.08. The summed E-state index contributed by atoms with van der Waals surface area (Å²) >= 11 is 5.87. The zero-order chi connectivity index (χ0) is 13.4. The molecule has 1 amide bonds. The molecule has 3 rings (SSSR count). The lowest BCUT2D eigenvalue weighted by molar-refractivity contribution is 0.0937. The first-order valence-electron chi connectivity index (χ1n) is 6.59. The van der Waals surface area contributed by atoms with Crippen molar-refractivity contribution in [3.8, 4) is 0 Å². The van der Waals surface area contributed by atoms with Crippen LogP contribution in [-0.4, -0.2) is 41.0 Å². The fourth-order valence-electron chi connectivity index (χ4n) is 2.52. The van der Waals surface area contributed by atoms with Gasteiger partial charge in [0.15, 0.2) is 0 Å². The van der Waals surface area contributed by atoms with E-state index < -0.39 is 0 Å². The van der Waals surface area contributed by atoms with Gasteiger partial charge in [0, 0.05) is 31.4 Å². The van der Waals surface area contributed by atoms with Crippen LogP contribution in [0.15, 0.2) is 12.3 Å². The van der Waals surface area contributed by atoms with E-state index in [-0.39, 0.29) is 17.8 Å². The number of nitrogen functional groups attached to an aromatic ring is 1. The van der Waals surface area contributed by atoms with Crippen LogP contribution in [-0.2, 0) is 0 Å². The van der Waals surface area contributed by atoms with Gasteiger partial charge in [-0.1, -0.05) is 11.6 Å². The van der Waals surface area contributed by atoms with Crippen LogP contribution in [0.5, 0.6) is 0 Å². The van der Waals surface area contributed by atoms with Crippen molar-refractivity contribution in [2.75, 3.05) is 18.8 Å². The number of nitrogens with one attached hydrogen (secondary N) is 1. The van der Waals surface area contributed by atoms with Gasteiger partial charge in [0.2, 0.25) is 0 Å². The van der Waals surface area contributed by atoms with Crippen LogP contribution in [0, 0.1) is 0 Å². The largest absolute Gasteiger partial charge is 0.382 e. The summed E-state index contributed by atoms with van der Waals surface area (Å²) in [5, 5.41) is 3.35. The summed E-state index contributed by atoms with van der Waals surface area (Å²) in [6, 6.07) is 2.55. The van der Waals surface area contributed by atoms with Gasteiger partial charge in [-0.3, -0.25) is 9.69 Å². The van der Waals surface area contributed by atoms with Gasteiger partial charge in [-0.15, -0.1) is 0 Å². The molecule has 1 atom stereocenters. The average molecular weight is 281 g/mol. The molecule has 0 aromatic carbocycles. The molecule has 6 heteroatoms. The Labute approximate surface area is 117 Å². The van der Waals surface area contributed by atoms with Crippen molar-refractivity contribution in [1.82, 2.24) is 15.2 Å². The molecule has 2 aliphatic rings. The Hall–Kier alpha value is -1.33. The molecule has 1 unspecified atom stereocenters. The Bertz CT molecular complexity index is 503. The number of rotatable bonds is 3. The number of aromatic nitrogens is 1. The number of carbonyl (C=O) groups excluding carboxylic acids is 1. The molecule has 1 saturated carbocycles. The summed E-state index contributed by atoms with van der Waals surface area (Å²) in [6.45, 7) is 2.03. The number of likely N-dealkylation sites (tertiary alicyclic amines) is 1. The van der Waals surface area contributed by atoms with E-state index in [2.05, 4.69) is 15.2 Å². The first kappa shape index (κ1) is 12.7. The number of amides is 1. The van der Waals surface area contributed by atoms with Crippen LogP contribution in [0.3, 0.4) is 0 Å². The van der Waals surface area contributed by atoms with Gasteiger partial charge < -0.3 is 11.1 Å². The van der Waals surface area contributed by atoms with Crippen LogP contribution >= 0.6 is 11.6 Å². The lowest BCUT2D eigenvalue weighted by Crippen LogP contribution is -2.37. The number of hydrogen-bond donors (Lipinski definition) is 2. The SMILES string of the molecule is Nc1ncc(C(=O)NC2CCN(C3CC3)C2)cc1Cl. The van der Waals surface area contributed by atoms with E-state index >= 15 is 0 Å². The molecule has 102 valence electrons. The summed E-state index contributed by atoms with van der Waals surface area (Å²) in [5.74, 6) is 0.121. The van der Waals surface area contributed by atoms with E-state index in [4.69, 9.17) is 17.3 Å². The van der Waals surface area contributed by atoms with Gasteiger partial charge in [-0.05, 0) is 25.3 Å². The van der Waals surface area contributed by atoms with E-state index in [0.717, 1.165) is 25.6 Å². The molecule has 1 aliphatic heterocycles. The Morgan fingerprint density at radius 2 is 2.26 bits per heavy atom. The molecular formula is C13H17ClN4O. The molecule has 0 bridgehead atoms. The predicted molar refractivity (Wildman–Crippen MR) is 74.1 cm³/mol. The molecule has 19 heavy (non-hydrogen) atoms. The second-order valence-electron chi connectivity index (χ2n) is 5.28. The number of pyridine rings is 1. The quantitative estimate of drug-likeness (QED) is 0.875. The summed E-state index contributed by atoms with van der Waals surface area (Å²) in [4.78, 5) is 18.4. The van der Waals surface area contributed by atoms with Gasteiger partial charge in [0.1, 0.15) is 5.82 Å². The van der Waals surface area contributed by atoms with E-state index in [0.29, 0.717) is 10.6 Å². The normalized spacial score (nSPS) is 23.5. The first-order chi connectivity index (χ1) is 9.13. The van der Waals surface area contributed by atoms with Gasteiger partial charge in [-0.25, -0.2) is 4.98 Å². The minimum absolute atomic E-state index is 0.128. The fourth-order valence-corrected chi connectivity index (χ4v) is 2.68. The zero-order valence-corrected chi connectivity index (χ0v) is 11.4. The first-order valence-corrected chi connectivity index (χ1v) is 6.97. The monoisotopic (exact) mass is 280 g/mol.